The van der Waals surface area contributed by atoms with Crippen LogP contribution < -0.4 is 0 Å². The number of aromatic nitrogens is 2. The molecule has 0 aliphatic carbocycles. The van der Waals surface area contributed by atoms with Gasteiger partial charge in [0, 0.05) is 25.9 Å². The van der Waals surface area contributed by atoms with Gasteiger partial charge in [0.1, 0.15) is 0 Å². The molecule has 2 aromatic rings. The molecule has 1 aromatic carbocycles. The second kappa shape index (κ2) is 9.36. The molecule has 0 N–H and O–H groups in total. The molecule has 8 nitrogen and oxygen atoms in total. The van der Waals surface area contributed by atoms with Gasteiger partial charge in [-0.2, -0.15) is 5.10 Å². The van der Waals surface area contributed by atoms with Crippen molar-refractivity contribution < 1.29 is 19.1 Å². The number of carbonyl (C=O) groups excluding carboxylic acids is 3. The molecule has 2 amide bonds. The molecule has 0 radical (unpaired) electrons. The number of para-hydroxylation sites is 1. The number of carbonyl (C=O) groups is 3. The number of hydrazine groups is 1. The lowest BCUT2D eigenvalue weighted by Crippen LogP contribution is -2.44. The lowest BCUT2D eigenvalue weighted by atomic mass is 10.2. The van der Waals surface area contributed by atoms with Gasteiger partial charge in [0.2, 0.25) is 5.91 Å². The number of hydrogen-bond donors (Lipinski definition) is 0. The van der Waals surface area contributed by atoms with Crippen molar-refractivity contribution in [3.8, 4) is 5.69 Å². The first kappa shape index (κ1) is 20.6. The van der Waals surface area contributed by atoms with Gasteiger partial charge in [-0.05, 0) is 38.8 Å². The Morgan fingerprint density at radius 1 is 1.07 bits per heavy atom. The van der Waals surface area contributed by atoms with Gasteiger partial charge in [-0.1, -0.05) is 18.2 Å². The fraction of sp³-hybridized carbons (Fsp3) is 0.429. The molecule has 0 bridgehead atoms. The number of amides is 2. The predicted octanol–water partition coefficient (Wildman–Crippen LogP) is 2.50. The molecule has 1 saturated heterocycles. The highest BCUT2D eigenvalue weighted by atomic mass is 16.5. The van der Waals surface area contributed by atoms with E-state index in [0.29, 0.717) is 31.7 Å². The van der Waals surface area contributed by atoms with Crippen molar-refractivity contribution in [3.05, 3.63) is 47.8 Å². The normalized spacial score (nSPS) is 13.6. The van der Waals surface area contributed by atoms with Crippen LogP contribution in [0.2, 0.25) is 0 Å². The lowest BCUT2D eigenvalue weighted by molar-refractivity contribution is -0.144. The minimum atomic E-state index is -0.307. The molecule has 0 unspecified atom stereocenters. The van der Waals surface area contributed by atoms with E-state index in [0.717, 1.165) is 17.8 Å². The first-order chi connectivity index (χ1) is 14.0. The maximum Gasteiger partial charge on any atom is 0.305 e. The highest BCUT2D eigenvalue weighted by Crippen LogP contribution is 2.20. The summed E-state index contributed by atoms with van der Waals surface area (Å²) >= 11 is 0. The van der Waals surface area contributed by atoms with E-state index >= 15 is 0 Å². The van der Waals surface area contributed by atoms with Crippen LogP contribution in [-0.4, -0.2) is 57.3 Å². The Morgan fingerprint density at radius 3 is 2.52 bits per heavy atom. The molecule has 154 valence electrons. The fourth-order valence-corrected chi connectivity index (χ4v) is 3.42. The summed E-state index contributed by atoms with van der Waals surface area (Å²) < 4.78 is 6.60. The van der Waals surface area contributed by atoms with Gasteiger partial charge < -0.3 is 4.74 Å². The molecular formula is C21H26N4O4. The number of rotatable bonds is 7. The van der Waals surface area contributed by atoms with Gasteiger partial charge in [0.25, 0.3) is 5.91 Å². The fourth-order valence-electron chi connectivity index (χ4n) is 3.42. The maximum atomic E-state index is 13.1. The first-order valence-electron chi connectivity index (χ1n) is 9.90. The molecule has 1 aliphatic rings. The average Bonchev–Trinajstić information content (AvgIpc) is 3.35. The van der Waals surface area contributed by atoms with Crippen LogP contribution in [0.25, 0.3) is 5.69 Å². The van der Waals surface area contributed by atoms with Crippen LogP contribution in [0.1, 0.15) is 48.7 Å². The van der Waals surface area contributed by atoms with Crippen LogP contribution in [0.4, 0.5) is 0 Å². The summed E-state index contributed by atoms with van der Waals surface area (Å²) in [6.07, 6.45) is 3.07. The summed E-state index contributed by atoms with van der Waals surface area (Å²) in [5.41, 5.74) is 2.07. The second-order valence-corrected chi connectivity index (χ2v) is 6.85. The minimum absolute atomic E-state index is 0.159. The Morgan fingerprint density at radius 2 is 1.79 bits per heavy atom. The van der Waals surface area contributed by atoms with Crippen molar-refractivity contribution in [2.24, 2.45) is 0 Å². The molecule has 1 aromatic heterocycles. The van der Waals surface area contributed by atoms with Crippen molar-refractivity contribution in [1.82, 2.24) is 19.8 Å². The summed E-state index contributed by atoms with van der Waals surface area (Å²) in [6.45, 7) is 4.90. The molecule has 0 spiro atoms. The van der Waals surface area contributed by atoms with Crippen LogP contribution in [0.15, 0.2) is 36.5 Å². The monoisotopic (exact) mass is 398 g/mol. The lowest BCUT2D eigenvalue weighted by Gasteiger charge is -2.27. The summed E-state index contributed by atoms with van der Waals surface area (Å²) in [7, 11) is 0. The Kier molecular flexibility index (Phi) is 6.64. The van der Waals surface area contributed by atoms with E-state index in [4.69, 9.17) is 4.74 Å². The number of benzene rings is 1. The van der Waals surface area contributed by atoms with Crippen LogP contribution >= 0.6 is 0 Å². The van der Waals surface area contributed by atoms with Gasteiger partial charge in [0.15, 0.2) is 0 Å². The van der Waals surface area contributed by atoms with Gasteiger partial charge in [0.05, 0.1) is 29.7 Å². The molecule has 8 heteroatoms. The van der Waals surface area contributed by atoms with Gasteiger partial charge in [-0.25, -0.2) is 9.69 Å². The van der Waals surface area contributed by atoms with E-state index in [9.17, 15) is 14.4 Å². The molecule has 0 atom stereocenters. The standard InChI is InChI=1S/C21H26N4O4/c1-3-29-20(27)12-7-11-19(26)23-13-8-14-24(23)21(28)18-15-22-25(16(18)2)17-9-5-4-6-10-17/h4-6,9-10,15H,3,7-8,11-14H2,1-2H3. The molecule has 2 heterocycles. The maximum absolute atomic E-state index is 13.1. The molecule has 29 heavy (non-hydrogen) atoms. The third kappa shape index (κ3) is 4.64. The molecule has 1 fully saturated rings. The molecular weight excluding hydrogens is 372 g/mol. The van der Waals surface area contributed by atoms with E-state index in [2.05, 4.69) is 5.10 Å². The summed E-state index contributed by atoms with van der Waals surface area (Å²) in [4.78, 5) is 37.1. The highest BCUT2D eigenvalue weighted by Gasteiger charge is 2.32. The smallest absolute Gasteiger partial charge is 0.305 e. The SMILES string of the molecule is CCOC(=O)CCCC(=O)N1CCCN1C(=O)c1cnn(-c2ccccc2)c1C. The number of hydrogen-bond acceptors (Lipinski definition) is 5. The van der Waals surface area contributed by atoms with Gasteiger partial charge in [-0.3, -0.25) is 19.4 Å². The minimum Gasteiger partial charge on any atom is -0.466 e. The van der Waals surface area contributed by atoms with E-state index < -0.39 is 0 Å². The average molecular weight is 398 g/mol. The topological polar surface area (TPSA) is 84.7 Å². The zero-order valence-corrected chi connectivity index (χ0v) is 16.8. The van der Waals surface area contributed by atoms with E-state index in [-0.39, 0.29) is 30.6 Å². The van der Waals surface area contributed by atoms with Gasteiger partial charge >= 0.3 is 5.97 Å². The number of nitrogens with zero attached hydrogens (tertiary/aromatic N) is 4. The van der Waals surface area contributed by atoms with Crippen LogP contribution in [0.3, 0.4) is 0 Å². The van der Waals surface area contributed by atoms with Crippen molar-refractivity contribution >= 4 is 17.8 Å². The van der Waals surface area contributed by atoms with Crippen LogP contribution in [-0.2, 0) is 14.3 Å². The number of ether oxygens (including phenoxy) is 1. The quantitative estimate of drug-likeness (QED) is 0.669. The number of esters is 1. The van der Waals surface area contributed by atoms with E-state index in [1.165, 1.54) is 10.0 Å². The van der Waals surface area contributed by atoms with Gasteiger partial charge in [-0.15, -0.1) is 0 Å². The predicted molar refractivity (Wildman–Crippen MR) is 106 cm³/mol. The Bertz CT molecular complexity index is 878. The zero-order chi connectivity index (χ0) is 20.8. The summed E-state index contributed by atoms with van der Waals surface area (Å²) in [5, 5.41) is 7.33. The van der Waals surface area contributed by atoms with Crippen molar-refractivity contribution in [3.63, 3.8) is 0 Å². The largest absolute Gasteiger partial charge is 0.466 e. The Hall–Kier alpha value is -3.16. The summed E-state index contributed by atoms with van der Waals surface area (Å²) in [6, 6.07) is 9.58. The van der Waals surface area contributed by atoms with Crippen molar-refractivity contribution in [1.29, 1.82) is 0 Å². The van der Waals surface area contributed by atoms with Crippen LogP contribution in [0, 0.1) is 6.92 Å². The van der Waals surface area contributed by atoms with E-state index in [1.54, 1.807) is 17.8 Å². The zero-order valence-electron chi connectivity index (χ0n) is 16.8. The second-order valence-electron chi connectivity index (χ2n) is 6.85. The Labute approximate surface area is 170 Å². The molecule has 0 saturated carbocycles. The summed E-state index contributed by atoms with van der Waals surface area (Å²) in [5.74, 6) is -0.701. The van der Waals surface area contributed by atoms with Crippen LogP contribution in [0.5, 0.6) is 0 Å². The van der Waals surface area contributed by atoms with E-state index in [1.807, 2.05) is 37.3 Å². The highest BCUT2D eigenvalue weighted by molar-refractivity contribution is 5.96. The van der Waals surface area contributed by atoms with Crippen molar-refractivity contribution in [2.45, 2.75) is 39.5 Å². The Balaban J connectivity index is 1.67. The van der Waals surface area contributed by atoms with Crippen molar-refractivity contribution in [2.75, 3.05) is 19.7 Å². The third-order valence-electron chi connectivity index (χ3n) is 4.87. The third-order valence-corrected chi connectivity index (χ3v) is 4.87. The molecule has 3 rings (SSSR count). The molecule has 1 aliphatic heterocycles. The first-order valence-corrected chi connectivity index (χ1v) is 9.90.